The van der Waals surface area contributed by atoms with E-state index in [0.29, 0.717) is 33.5 Å². The summed E-state index contributed by atoms with van der Waals surface area (Å²) in [6.45, 7) is 0.758. The molecule has 1 aliphatic carbocycles. The Hall–Kier alpha value is -4.31. The molecular formula is C37H35Cl2N5O3S. The number of rotatable bonds is 9. The summed E-state index contributed by atoms with van der Waals surface area (Å²) in [4.78, 5) is 16.9. The van der Waals surface area contributed by atoms with Gasteiger partial charge in [0.1, 0.15) is 12.4 Å². The molecular weight excluding hydrogens is 665 g/mol. The van der Waals surface area contributed by atoms with Crippen LogP contribution in [0.25, 0.3) is 28.1 Å². The van der Waals surface area contributed by atoms with Crippen LogP contribution in [-0.2, 0) is 21.4 Å². The zero-order chi connectivity index (χ0) is 33.3. The van der Waals surface area contributed by atoms with Gasteiger partial charge in [0.15, 0.2) is 0 Å². The van der Waals surface area contributed by atoms with Crippen LogP contribution < -0.4 is 14.3 Å². The summed E-state index contributed by atoms with van der Waals surface area (Å²) in [6.07, 6.45) is 9.09. The maximum atomic E-state index is 12.6. The number of nitrogens with one attached hydrogen (secondary N) is 2. The average Bonchev–Trinajstić information content (AvgIpc) is 3.63. The molecule has 0 unspecified atom stereocenters. The lowest BCUT2D eigenvalue weighted by molar-refractivity contribution is -0.117. The molecule has 1 aliphatic heterocycles. The molecule has 2 aliphatic rings. The predicted molar refractivity (Wildman–Crippen MR) is 193 cm³/mol. The van der Waals surface area contributed by atoms with Gasteiger partial charge in [-0.3, -0.25) is 4.79 Å². The van der Waals surface area contributed by atoms with E-state index in [1.165, 1.54) is 32.1 Å². The maximum Gasteiger partial charge on any atom is 0.326 e. The van der Waals surface area contributed by atoms with E-state index in [1.807, 2.05) is 27.6 Å². The Balaban J connectivity index is 1.14. The van der Waals surface area contributed by atoms with Crippen LogP contribution in [0.1, 0.15) is 43.5 Å². The minimum Gasteiger partial charge on any atom is -0.385 e. The molecule has 4 aromatic carbocycles. The molecule has 8 nitrogen and oxygen atoms in total. The van der Waals surface area contributed by atoms with Gasteiger partial charge in [0.2, 0.25) is 0 Å². The number of amides is 1. The highest BCUT2D eigenvalue weighted by Gasteiger charge is 2.34. The molecule has 1 aromatic heterocycles. The van der Waals surface area contributed by atoms with Gasteiger partial charge in [0, 0.05) is 41.1 Å². The van der Waals surface area contributed by atoms with Crippen LogP contribution in [0.15, 0.2) is 97.2 Å². The molecule has 11 heteroatoms. The summed E-state index contributed by atoms with van der Waals surface area (Å²) in [6, 6.07) is 29.3. The fourth-order valence-corrected chi connectivity index (χ4v) is 8.15. The number of hydrogen-bond acceptors (Lipinski definition) is 5. The van der Waals surface area contributed by atoms with Crippen LogP contribution in [0.3, 0.4) is 0 Å². The van der Waals surface area contributed by atoms with Crippen LogP contribution in [-0.4, -0.2) is 37.0 Å². The molecule has 2 N–H and O–H groups in total. The van der Waals surface area contributed by atoms with Gasteiger partial charge >= 0.3 is 10.2 Å². The van der Waals surface area contributed by atoms with Crippen LogP contribution >= 0.6 is 23.2 Å². The Bertz CT molecular complexity index is 2060. The fraction of sp³-hybridized carbons (Fsp3) is 0.243. The number of nitrogens with zero attached hydrogens (tertiary/aromatic N) is 3. The van der Waals surface area contributed by atoms with E-state index in [2.05, 4.69) is 53.8 Å². The Labute approximate surface area is 290 Å². The molecule has 0 spiro atoms. The highest BCUT2D eigenvalue weighted by Crippen LogP contribution is 2.33. The third kappa shape index (κ3) is 7.09. The standard InChI is InChI=1S/C37H35Cl2N5O3S/c38-29-15-18-33(34(39)20-29)35-23-43(31-7-4-8-32(21-31)44-24-37(45)42-48(44,46)47)36(41-35)19-25-9-11-27(12-10-25)28-13-16-30(17-14-28)40-22-26-5-2-1-3-6-26/h4,7-18,20-21,23,26,40H,1-3,5-6,19,22,24H2,(H,42,45). The first-order valence-electron chi connectivity index (χ1n) is 16.1. The minimum atomic E-state index is -3.96. The summed E-state index contributed by atoms with van der Waals surface area (Å²) < 4.78 is 30.1. The highest BCUT2D eigenvalue weighted by molar-refractivity contribution is 7.92. The quantitative estimate of drug-likeness (QED) is 0.161. The first-order chi connectivity index (χ1) is 23.2. The van der Waals surface area contributed by atoms with Crippen molar-refractivity contribution < 1.29 is 13.2 Å². The van der Waals surface area contributed by atoms with E-state index in [-0.39, 0.29) is 6.54 Å². The van der Waals surface area contributed by atoms with Crippen LogP contribution in [0.5, 0.6) is 0 Å². The van der Waals surface area contributed by atoms with Gasteiger partial charge in [0.25, 0.3) is 5.91 Å². The number of carbonyl (C=O) groups is 1. The molecule has 5 aromatic rings. The molecule has 0 bridgehead atoms. The normalized spacial score (nSPS) is 16.2. The third-order valence-corrected chi connectivity index (χ3v) is 11.0. The smallest absolute Gasteiger partial charge is 0.326 e. The van der Waals surface area contributed by atoms with Crippen LogP contribution in [0.2, 0.25) is 10.0 Å². The fourth-order valence-electron chi connectivity index (χ4n) is 6.50. The van der Waals surface area contributed by atoms with Crippen molar-refractivity contribution in [2.45, 2.75) is 38.5 Å². The number of aromatic nitrogens is 2. The molecule has 246 valence electrons. The Morgan fingerprint density at radius 1 is 0.854 bits per heavy atom. The second-order valence-corrected chi connectivity index (χ2v) is 14.9. The molecule has 48 heavy (non-hydrogen) atoms. The average molecular weight is 701 g/mol. The molecule has 2 fully saturated rings. The van der Waals surface area contributed by atoms with E-state index >= 15 is 0 Å². The van der Waals surface area contributed by atoms with E-state index in [1.54, 1.807) is 30.3 Å². The molecule has 2 heterocycles. The molecule has 0 radical (unpaired) electrons. The lowest BCUT2D eigenvalue weighted by Crippen LogP contribution is -2.29. The van der Waals surface area contributed by atoms with Crippen LogP contribution in [0.4, 0.5) is 11.4 Å². The summed E-state index contributed by atoms with van der Waals surface area (Å²) in [5.74, 6) is 0.927. The van der Waals surface area contributed by atoms with E-state index < -0.39 is 16.1 Å². The number of halogens is 2. The van der Waals surface area contributed by atoms with Crippen molar-refractivity contribution in [3.8, 4) is 28.1 Å². The number of carbonyl (C=O) groups excluding carboxylic acids is 1. The summed E-state index contributed by atoms with van der Waals surface area (Å²) in [5.41, 5.74) is 6.91. The summed E-state index contributed by atoms with van der Waals surface area (Å²) >= 11 is 12.7. The minimum absolute atomic E-state index is 0.278. The summed E-state index contributed by atoms with van der Waals surface area (Å²) in [5, 5.41) is 4.62. The van der Waals surface area contributed by atoms with Gasteiger partial charge in [-0.1, -0.05) is 84.9 Å². The van der Waals surface area contributed by atoms with Gasteiger partial charge in [-0.2, -0.15) is 8.42 Å². The number of benzene rings is 4. The molecule has 1 amide bonds. The molecule has 7 rings (SSSR count). The van der Waals surface area contributed by atoms with Crippen LogP contribution in [0, 0.1) is 5.92 Å². The molecule has 0 atom stereocenters. The van der Waals surface area contributed by atoms with Gasteiger partial charge in [-0.15, -0.1) is 0 Å². The van der Waals surface area contributed by atoms with Crippen molar-refractivity contribution >= 4 is 50.7 Å². The van der Waals surface area contributed by atoms with Crippen molar-refractivity contribution in [1.29, 1.82) is 0 Å². The predicted octanol–water partition coefficient (Wildman–Crippen LogP) is 8.28. The number of hydrogen-bond donors (Lipinski definition) is 2. The van der Waals surface area contributed by atoms with Gasteiger partial charge in [-0.05, 0) is 84.0 Å². The van der Waals surface area contributed by atoms with Crippen molar-refractivity contribution in [3.05, 3.63) is 119 Å². The van der Waals surface area contributed by atoms with Gasteiger partial charge in [-0.25, -0.2) is 14.0 Å². The van der Waals surface area contributed by atoms with Crippen molar-refractivity contribution in [2.75, 3.05) is 22.7 Å². The largest absolute Gasteiger partial charge is 0.385 e. The van der Waals surface area contributed by atoms with Gasteiger partial charge < -0.3 is 9.88 Å². The number of anilines is 2. The summed E-state index contributed by atoms with van der Waals surface area (Å²) in [7, 11) is -3.96. The lowest BCUT2D eigenvalue weighted by Gasteiger charge is -2.22. The topological polar surface area (TPSA) is 96.3 Å². The monoisotopic (exact) mass is 699 g/mol. The first-order valence-corrected chi connectivity index (χ1v) is 18.3. The zero-order valence-electron chi connectivity index (χ0n) is 26.2. The zero-order valence-corrected chi connectivity index (χ0v) is 28.5. The molecule has 1 saturated carbocycles. The van der Waals surface area contributed by atoms with Gasteiger partial charge in [0.05, 0.1) is 16.4 Å². The maximum absolute atomic E-state index is 12.6. The lowest BCUT2D eigenvalue weighted by atomic mass is 9.89. The number of imidazole rings is 1. The van der Waals surface area contributed by atoms with Crippen molar-refractivity contribution in [3.63, 3.8) is 0 Å². The Morgan fingerprint density at radius 3 is 2.25 bits per heavy atom. The Morgan fingerprint density at radius 2 is 1.56 bits per heavy atom. The Kier molecular flexibility index (Phi) is 9.18. The van der Waals surface area contributed by atoms with E-state index in [0.717, 1.165) is 50.5 Å². The van der Waals surface area contributed by atoms with E-state index in [9.17, 15) is 13.2 Å². The first kappa shape index (κ1) is 32.2. The van der Waals surface area contributed by atoms with Crippen molar-refractivity contribution in [1.82, 2.24) is 14.3 Å². The SMILES string of the molecule is O=C1CN(c2cccc(-n3cc(-c4ccc(Cl)cc4Cl)nc3Cc3ccc(-c4ccc(NCC5CCCCC5)cc4)cc3)c2)S(=O)(=O)N1. The van der Waals surface area contributed by atoms with E-state index in [4.69, 9.17) is 28.2 Å². The highest BCUT2D eigenvalue weighted by atomic mass is 35.5. The third-order valence-electron chi connectivity index (χ3n) is 9.06. The van der Waals surface area contributed by atoms with Crippen molar-refractivity contribution in [2.24, 2.45) is 5.92 Å². The second-order valence-electron chi connectivity index (χ2n) is 12.4. The second kappa shape index (κ2) is 13.7. The molecule has 1 saturated heterocycles.